The van der Waals surface area contributed by atoms with Crippen molar-refractivity contribution in [2.75, 3.05) is 26.3 Å². The van der Waals surface area contributed by atoms with E-state index in [2.05, 4.69) is 16.7 Å². The number of aryl methyl sites for hydroxylation is 2. The van der Waals surface area contributed by atoms with Crippen molar-refractivity contribution in [2.24, 2.45) is 0 Å². The molecule has 0 radical (unpaired) electrons. The molecule has 1 heterocycles. The largest absolute Gasteiger partial charge is 0.484 e. The molecule has 0 spiro atoms. The lowest BCUT2D eigenvalue weighted by molar-refractivity contribution is -0.132. The SMILES string of the molecule is CCOC(=O)c1c(C)n(CCc2ccccc2)c2ccc(OCC(=O)N(CC)CC)cc12. The summed E-state index contributed by atoms with van der Waals surface area (Å²) in [7, 11) is 0. The van der Waals surface area contributed by atoms with Crippen LogP contribution in [0, 0.1) is 6.92 Å². The number of amides is 1. The number of hydrogen-bond acceptors (Lipinski definition) is 4. The van der Waals surface area contributed by atoms with Crippen LogP contribution in [0.25, 0.3) is 10.9 Å². The molecule has 0 N–H and O–H groups in total. The highest BCUT2D eigenvalue weighted by Crippen LogP contribution is 2.30. The fourth-order valence-electron chi connectivity index (χ4n) is 4.00. The van der Waals surface area contributed by atoms with Crippen LogP contribution >= 0.6 is 0 Å². The summed E-state index contributed by atoms with van der Waals surface area (Å²) in [4.78, 5) is 26.8. The molecule has 0 fully saturated rings. The number of rotatable bonds is 10. The van der Waals surface area contributed by atoms with Crippen molar-refractivity contribution in [3.63, 3.8) is 0 Å². The fraction of sp³-hybridized carbons (Fsp3) is 0.385. The molecule has 0 saturated carbocycles. The van der Waals surface area contributed by atoms with E-state index in [-0.39, 0.29) is 18.5 Å². The van der Waals surface area contributed by atoms with Gasteiger partial charge in [-0.05, 0) is 57.9 Å². The predicted molar refractivity (Wildman–Crippen MR) is 126 cm³/mol. The van der Waals surface area contributed by atoms with Gasteiger partial charge in [0.1, 0.15) is 5.75 Å². The second kappa shape index (κ2) is 10.8. The van der Waals surface area contributed by atoms with Gasteiger partial charge >= 0.3 is 5.97 Å². The van der Waals surface area contributed by atoms with Gasteiger partial charge in [-0.2, -0.15) is 0 Å². The quantitative estimate of drug-likeness (QED) is 0.435. The summed E-state index contributed by atoms with van der Waals surface area (Å²) in [5.41, 5.74) is 3.60. The third-order valence-corrected chi connectivity index (χ3v) is 5.72. The second-order valence-corrected chi connectivity index (χ2v) is 7.60. The average molecular weight is 437 g/mol. The van der Waals surface area contributed by atoms with E-state index in [4.69, 9.17) is 9.47 Å². The standard InChI is InChI=1S/C26H32N2O4/c1-5-27(6-2)24(29)18-32-21-13-14-23-22(17-21)25(26(30)31-7-3)19(4)28(23)16-15-20-11-9-8-10-12-20/h8-14,17H,5-7,15-16,18H2,1-4H3. The van der Waals surface area contributed by atoms with Crippen LogP contribution in [0.3, 0.4) is 0 Å². The predicted octanol–water partition coefficient (Wildman–Crippen LogP) is 4.62. The Morgan fingerprint density at radius 2 is 1.72 bits per heavy atom. The normalized spacial score (nSPS) is 10.9. The summed E-state index contributed by atoms with van der Waals surface area (Å²) in [6, 6.07) is 15.9. The number of aromatic nitrogens is 1. The number of ether oxygens (including phenoxy) is 2. The maximum Gasteiger partial charge on any atom is 0.340 e. The van der Waals surface area contributed by atoms with Crippen molar-refractivity contribution < 1.29 is 19.1 Å². The molecule has 0 aliphatic carbocycles. The van der Waals surface area contributed by atoms with E-state index in [1.165, 1.54) is 5.56 Å². The van der Waals surface area contributed by atoms with Crippen molar-refractivity contribution in [1.29, 1.82) is 0 Å². The first kappa shape index (κ1) is 23.4. The van der Waals surface area contributed by atoms with Crippen LogP contribution in [0.5, 0.6) is 5.75 Å². The highest BCUT2D eigenvalue weighted by atomic mass is 16.5. The molecule has 1 amide bonds. The van der Waals surface area contributed by atoms with Gasteiger partial charge in [0.25, 0.3) is 5.91 Å². The Morgan fingerprint density at radius 1 is 1.00 bits per heavy atom. The Morgan fingerprint density at radius 3 is 2.38 bits per heavy atom. The summed E-state index contributed by atoms with van der Waals surface area (Å²) < 4.78 is 13.3. The van der Waals surface area contributed by atoms with Crippen molar-refractivity contribution in [3.8, 4) is 5.75 Å². The van der Waals surface area contributed by atoms with Crippen LogP contribution in [0.2, 0.25) is 0 Å². The van der Waals surface area contributed by atoms with Crippen LogP contribution < -0.4 is 4.74 Å². The Hall–Kier alpha value is -3.28. The van der Waals surface area contributed by atoms with Crippen molar-refractivity contribution in [2.45, 2.75) is 40.7 Å². The molecule has 2 aromatic carbocycles. The molecular formula is C26H32N2O4. The van der Waals surface area contributed by atoms with Crippen molar-refractivity contribution in [1.82, 2.24) is 9.47 Å². The summed E-state index contributed by atoms with van der Waals surface area (Å²) in [6.45, 7) is 9.95. The number of esters is 1. The molecule has 32 heavy (non-hydrogen) atoms. The molecule has 6 nitrogen and oxygen atoms in total. The zero-order valence-corrected chi connectivity index (χ0v) is 19.4. The van der Waals surface area contributed by atoms with E-state index in [1.54, 1.807) is 11.8 Å². The number of nitrogens with zero attached hydrogens (tertiary/aromatic N) is 2. The fourth-order valence-corrected chi connectivity index (χ4v) is 4.00. The molecule has 0 saturated heterocycles. The molecule has 3 rings (SSSR count). The van der Waals surface area contributed by atoms with E-state index < -0.39 is 0 Å². The van der Waals surface area contributed by atoms with Crippen LogP contribution in [0.4, 0.5) is 0 Å². The number of likely N-dealkylation sites (N-methyl/N-ethyl adjacent to an activating group) is 1. The third-order valence-electron chi connectivity index (χ3n) is 5.72. The van der Waals surface area contributed by atoms with Crippen LogP contribution in [0.15, 0.2) is 48.5 Å². The molecular weight excluding hydrogens is 404 g/mol. The van der Waals surface area contributed by atoms with Crippen molar-refractivity contribution >= 4 is 22.8 Å². The van der Waals surface area contributed by atoms with Gasteiger partial charge in [-0.3, -0.25) is 4.79 Å². The van der Waals surface area contributed by atoms with Gasteiger partial charge in [-0.15, -0.1) is 0 Å². The zero-order chi connectivity index (χ0) is 23.1. The minimum atomic E-state index is -0.343. The maximum atomic E-state index is 12.8. The average Bonchev–Trinajstić information content (AvgIpc) is 3.08. The minimum absolute atomic E-state index is 0.0321. The Kier molecular flexibility index (Phi) is 7.92. The first-order chi connectivity index (χ1) is 15.5. The molecule has 3 aromatic rings. The lowest BCUT2D eigenvalue weighted by Gasteiger charge is -2.18. The molecule has 0 atom stereocenters. The minimum Gasteiger partial charge on any atom is -0.484 e. The highest BCUT2D eigenvalue weighted by molar-refractivity contribution is 6.06. The molecule has 0 bridgehead atoms. The summed E-state index contributed by atoms with van der Waals surface area (Å²) in [5, 5.41) is 0.779. The number of fused-ring (bicyclic) bond motifs is 1. The van der Waals surface area contributed by atoms with E-state index in [9.17, 15) is 9.59 Å². The Balaban J connectivity index is 1.92. The van der Waals surface area contributed by atoms with Gasteiger partial charge in [-0.1, -0.05) is 30.3 Å². The Bertz CT molecular complexity index is 1070. The molecule has 170 valence electrons. The lowest BCUT2D eigenvalue weighted by Crippen LogP contribution is -2.34. The molecule has 1 aromatic heterocycles. The Labute approximate surface area is 189 Å². The number of carbonyl (C=O) groups is 2. The highest BCUT2D eigenvalue weighted by Gasteiger charge is 2.22. The summed E-state index contributed by atoms with van der Waals surface area (Å²) in [5.74, 6) is 0.158. The van der Waals surface area contributed by atoms with Gasteiger partial charge in [0.2, 0.25) is 0 Å². The first-order valence-corrected chi connectivity index (χ1v) is 11.2. The third kappa shape index (κ3) is 5.13. The molecule has 0 aliphatic rings. The van der Waals surface area contributed by atoms with E-state index in [1.807, 2.05) is 57.2 Å². The maximum absolute atomic E-state index is 12.8. The smallest absolute Gasteiger partial charge is 0.340 e. The van der Waals surface area contributed by atoms with Crippen molar-refractivity contribution in [3.05, 3.63) is 65.4 Å². The summed E-state index contributed by atoms with van der Waals surface area (Å²) >= 11 is 0. The van der Waals surface area contributed by atoms with Gasteiger partial charge in [0.15, 0.2) is 6.61 Å². The van der Waals surface area contributed by atoms with E-state index in [0.29, 0.717) is 31.0 Å². The second-order valence-electron chi connectivity index (χ2n) is 7.60. The topological polar surface area (TPSA) is 60.8 Å². The molecule has 0 unspecified atom stereocenters. The summed E-state index contributed by atoms with van der Waals surface area (Å²) in [6.07, 6.45) is 0.852. The van der Waals surface area contributed by atoms with Crippen LogP contribution in [0.1, 0.15) is 42.4 Å². The van der Waals surface area contributed by atoms with Gasteiger partial charge in [0, 0.05) is 36.2 Å². The zero-order valence-electron chi connectivity index (χ0n) is 19.4. The van der Waals surface area contributed by atoms with Crippen LogP contribution in [-0.4, -0.2) is 47.6 Å². The molecule has 0 aliphatic heterocycles. The monoisotopic (exact) mass is 436 g/mol. The van der Waals surface area contributed by atoms with E-state index in [0.717, 1.165) is 29.6 Å². The lowest BCUT2D eigenvalue weighted by atomic mass is 10.1. The number of hydrogen-bond donors (Lipinski definition) is 0. The van der Waals surface area contributed by atoms with Crippen LogP contribution in [-0.2, 0) is 22.5 Å². The number of carbonyl (C=O) groups excluding carboxylic acids is 2. The van der Waals surface area contributed by atoms with Gasteiger partial charge in [-0.25, -0.2) is 4.79 Å². The molecule has 6 heteroatoms. The number of benzene rings is 2. The van der Waals surface area contributed by atoms with E-state index >= 15 is 0 Å². The first-order valence-electron chi connectivity index (χ1n) is 11.2. The van der Waals surface area contributed by atoms with Gasteiger partial charge < -0.3 is 18.9 Å². The van der Waals surface area contributed by atoms with Gasteiger partial charge in [0.05, 0.1) is 12.2 Å².